The second kappa shape index (κ2) is 12.0. The quantitative estimate of drug-likeness (QED) is 0.283. The van der Waals surface area contributed by atoms with Crippen LogP contribution in [0.2, 0.25) is 5.02 Å². The highest BCUT2D eigenvalue weighted by atomic mass is 35.5. The number of nitrogens with two attached hydrogens (primary N) is 1. The van der Waals surface area contributed by atoms with Crippen molar-refractivity contribution in [3.8, 4) is 5.75 Å². The molecule has 0 aliphatic carbocycles. The van der Waals surface area contributed by atoms with Crippen molar-refractivity contribution < 1.29 is 18.6 Å². The van der Waals surface area contributed by atoms with Crippen LogP contribution in [-0.2, 0) is 14.1 Å². The van der Waals surface area contributed by atoms with Crippen LogP contribution in [0.4, 0.5) is 0 Å². The van der Waals surface area contributed by atoms with Crippen molar-refractivity contribution in [2.75, 3.05) is 19.7 Å². The second-order valence-corrected chi connectivity index (χ2v) is 8.87. The van der Waals surface area contributed by atoms with Gasteiger partial charge in [-0.05, 0) is 43.3 Å². The van der Waals surface area contributed by atoms with Crippen LogP contribution in [0.1, 0.15) is 13.3 Å². The van der Waals surface area contributed by atoms with Crippen molar-refractivity contribution in [3.05, 3.63) is 41.2 Å². The van der Waals surface area contributed by atoms with E-state index in [2.05, 4.69) is 33.8 Å². The Morgan fingerprint density at radius 3 is 2.97 bits per heavy atom. The number of hydrogen-bond acceptors (Lipinski definition) is 10. The van der Waals surface area contributed by atoms with Gasteiger partial charge in [-0.1, -0.05) is 18.5 Å². The van der Waals surface area contributed by atoms with Gasteiger partial charge in [0, 0.05) is 11.2 Å². The number of ether oxygens (including phenoxy) is 1. The number of rotatable bonds is 11. The molecule has 0 radical (unpaired) electrons. The van der Waals surface area contributed by atoms with Crippen molar-refractivity contribution in [2.24, 2.45) is 26.7 Å². The SMILES string of the molecule is C=N/C=C(/C1OC(COP(NCC=O)Oc2ccc(Cl)cc2)CC1C)N1CC(N)=NC=N1. The summed E-state index contributed by atoms with van der Waals surface area (Å²) >= 11 is 5.92. The van der Waals surface area contributed by atoms with Gasteiger partial charge in [-0.2, -0.15) is 5.10 Å². The van der Waals surface area contributed by atoms with Gasteiger partial charge in [0.2, 0.25) is 0 Å². The molecule has 0 aromatic heterocycles. The topological polar surface area (TPSA) is 123 Å². The summed E-state index contributed by atoms with van der Waals surface area (Å²) in [7, 11) is -1.55. The predicted molar refractivity (Wildman–Crippen MR) is 126 cm³/mol. The van der Waals surface area contributed by atoms with Gasteiger partial charge in [0.05, 0.1) is 31.5 Å². The van der Waals surface area contributed by atoms with Crippen LogP contribution in [0, 0.1) is 5.92 Å². The zero-order valence-corrected chi connectivity index (χ0v) is 19.3. The number of hydrogen-bond donors (Lipinski definition) is 2. The third-order valence-electron chi connectivity index (χ3n) is 4.71. The Labute approximate surface area is 193 Å². The van der Waals surface area contributed by atoms with Crippen molar-refractivity contribution in [2.45, 2.75) is 25.6 Å². The molecule has 0 bridgehead atoms. The standard InChI is InChI=1S/C20H26ClN6O4P/c1-14-9-17(30-20(14)18(10-23-2)27-11-19(22)24-13-25-27)12-29-32(26-7-8-28)31-16-5-3-15(21)4-6-16/h3-6,8,10,13-14,17,20,26H,2,7,9,11-12H2,1H3,(H2,22,24,25)/b18-10-. The molecule has 3 rings (SSSR count). The number of halogens is 1. The summed E-state index contributed by atoms with van der Waals surface area (Å²) in [4.78, 5) is 18.7. The maximum atomic E-state index is 10.8. The van der Waals surface area contributed by atoms with Gasteiger partial charge in [-0.25, -0.2) is 10.1 Å². The number of amidine groups is 1. The summed E-state index contributed by atoms with van der Waals surface area (Å²) in [5.74, 6) is 1.21. The Morgan fingerprint density at radius 2 is 2.28 bits per heavy atom. The first kappa shape index (κ1) is 24.3. The average Bonchev–Trinajstić information content (AvgIpc) is 3.15. The summed E-state index contributed by atoms with van der Waals surface area (Å²) in [5, 5.41) is 9.54. The number of carbonyl (C=O) groups excluding carboxylic acids is 1. The lowest BCUT2D eigenvalue weighted by atomic mass is 9.99. The lowest BCUT2D eigenvalue weighted by Gasteiger charge is -2.28. The van der Waals surface area contributed by atoms with Crippen molar-refractivity contribution in [3.63, 3.8) is 0 Å². The number of benzene rings is 1. The molecule has 3 N–H and O–H groups in total. The van der Waals surface area contributed by atoms with Crippen molar-refractivity contribution in [1.29, 1.82) is 0 Å². The predicted octanol–water partition coefficient (Wildman–Crippen LogP) is 2.70. The molecule has 10 nitrogen and oxygen atoms in total. The smallest absolute Gasteiger partial charge is 0.318 e. The fourth-order valence-corrected chi connectivity index (χ4v) is 4.47. The first-order valence-corrected chi connectivity index (χ1v) is 11.5. The van der Waals surface area contributed by atoms with Crippen LogP contribution in [0.3, 0.4) is 0 Å². The number of aldehydes is 1. The van der Waals surface area contributed by atoms with Crippen molar-refractivity contribution >= 4 is 45.3 Å². The van der Waals surface area contributed by atoms with Crippen LogP contribution in [0.25, 0.3) is 0 Å². The van der Waals surface area contributed by atoms with Gasteiger partial charge in [-0.15, -0.1) is 0 Å². The van der Waals surface area contributed by atoms with E-state index in [1.807, 2.05) is 0 Å². The van der Waals surface area contributed by atoms with Crippen molar-refractivity contribution in [1.82, 2.24) is 10.1 Å². The largest absolute Gasteiger partial charge is 0.436 e. The summed E-state index contributed by atoms with van der Waals surface area (Å²) in [5.41, 5.74) is 6.60. The lowest BCUT2D eigenvalue weighted by Crippen LogP contribution is -2.37. The number of nitrogens with zero attached hydrogens (tertiary/aromatic N) is 4. The molecule has 2 aliphatic rings. The Balaban J connectivity index is 1.60. The van der Waals surface area contributed by atoms with Gasteiger partial charge in [0.25, 0.3) is 0 Å². The zero-order chi connectivity index (χ0) is 22.9. The Bertz CT molecular complexity index is 881. The molecule has 2 heterocycles. The number of hydrazone groups is 1. The average molecular weight is 481 g/mol. The molecule has 4 atom stereocenters. The van der Waals surface area contributed by atoms with Gasteiger partial charge in [0.15, 0.2) is 0 Å². The molecule has 1 saturated heterocycles. The normalized spacial score (nSPS) is 24.2. The highest BCUT2D eigenvalue weighted by Crippen LogP contribution is 2.38. The third kappa shape index (κ3) is 6.82. The summed E-state index contributed by atoms with van der Waals surface area (Å²) in [6.07, 6.45) is 4.10. The fourth-order valence-electron chi connectivity index (χ4n) is 3.30. The van der Waals surface area contributed by atoms with E-state index in [9.17, 15) is 4.79 Å². The molecule has 4 unspecified atom stereocenters. The highest BCUT2D eigenvalue weighted by molar-refractivity contribution is 7.45. The van der Waals surface area contributed by atoms with Gasteiger partial charge >= 0.3 is 8.53 Å². The number of nitrogens with one attached hydrogen (secondary N) is 1. The van der Waals surface area contributed by atoms with Crippen LogP contribution in [0.5, 0.6) is 5.75 Å². The molecule has 1 aromatic rings. The molecular formula is C20H26ClN6O4P. The van der Waals surface area contributed by atoms with E-state index >= 15 is 0 Å². The van der Waals surface area contributed by atoms with E-state index < -0.39 is 8.53 Å². The lowest BCUT2D eigenvalue weighted by molar-refractivity contribution is -0.106. The van der Waals surface area contributed by atoms with Gasteiger partial charge in [0.1, 0.15) is 30.3 Å². The van der Waals surface area contributed by atoms with Crippen LogP contribution in [0.15, 0.2) is 51.2 Å². The van der Waals surface area contributed by atoms with Gasteiger partial charge in [-0.3, -0.25) is 10.0 Å². The highest BCUT2D eigenvalue weighted by Gasteiger charge is 2.38. The maximum Gasteiger partial charge on any atom is 0.318 e. The van der Waals surface area contributed by atoms with E-state index in [1.54, 1.807) is 35.5 Å². The molecule has 1 fully saturated rings. The molecule has 12 heteroatoms. The minimum Gasteiger partial charge on any atom is -0.436 e. The molecule has 172 valence electrons. The molecule has 0 amide bonds. The second-order valence-electron chi connectivity index (χ2n) is 7.16. The monoisotopic (exact) mass is 480 g/mol. The Kier molecular flexibility index (Phi) is 9.13. The van der Waals surface area contributed by atoms with E-state index in [-0.39, 0.29) is 31.3 Å². The van der Waals surface area contributed by atoms with Crippen LogP contribution < -0.4 is 15.3 Å². The molecule has 32 heavy (non-hydrogen) atoms. The maximum absolute atomic E-state index is 10.8. The molecule has 1 aromatic carbocycles. The van der Waals surface area contributed by atoms with E-state index in [0.717, 1.165) is 18.4 Å². The minimum atomic E-state index is -1.55. The van der Waals surface area contributed by atoms with E-state index in [4.69, 9.17) is 31.1 Å². The Morgan fingerprint density at radius 1 is 1.50 bits per heavy atom. The first-order chi connectivity index (χ1) is 15.5. The third-order valence-corrected chi connectivity index (χ3v) is 6.17. The van der Waals surface area contributed by atoms with Crippen LogP contribution >= 0.6 is 20.1 Å². The minimum absolute atomic E-state index is 0.109. The molecule has 0 spiro atoms. The number of aliphatic imine (C=N–C) groups is 2. The molecule has 0 saturated carbocycles. The summed E-state index contributed by atoms with van der Waals surface area (Å²) in [6.45, 7) is 6.39. The summed E-state index contributed by atoms with van der Waals surface area (Å²) in [6, 6.07) is 6.92. The zero-order valence-electron chi connectivity index (χ0n) is 17.6. The molecular weight excluding hydrogens is 455 g/mol. The Hall–Kier alpha value is -2.36. The molecule has 2 aliphatic heterocycles. The fraction of sp³-hybridized carbons (Fsp3) is 0.400. The summed E-state index contributed by atoms with van der Waals surface area (Å²) < 4.78 is 18.0. The first-order valence-electron chi connectivity index (χ1n) is 9.97. The number of carbonyl (C=O) groups is 1. The van der Waals surface area contributed by atoms with Gasteiger partial charge < -0.3 is 24.3 Å². The van der Waals surface area contributed by atoms with Crippen LogP contribution in [-0.4, -0.2) is 62.1 Å². The van der Waals surface area contributed by atoms with E-state index in [1.165, 1.54) is 6.34 Å². The van der Waals surface area contributed by atoms with E-state index in [0.29, 0.717) is 23.2 Å².